The van der Waals surface area contributed by atoms with Crippen molar-refractivity contribution in [2.24, 2.45) is 16.3 Å². The molecule has 0 aromatic rings. The van der Waals surface area contributed by atoms with Crippen molar-refractivity contribution in [1.82, 2.24) is 5.32 Å². The minimum Gasteiger partial charge on any atom is -0.391 e. The molecular formula is C21H38N2. The quantitative estimate of drug-likeness (QED) is 0.205. The topological polar surface area (TPSA) is 24.4 Å². The molecule has 0 fully saturated rings. The van der Waals surface area contributed by atoms with Gasteiger partial charge in [0.1, 0.15) is 0 Å². The lowest BCUT2D eigenvalue weighted by atomic mass is 9.71. The lowest BCUT2D eigenvalue weighted by molar-refractivity contribution is 0.190. The summed E-state index contributed by atoms with van der Waals surface area (Å²) in [5.74, 6) is 0.563. The Morgan fingerprint density at radius 2 is 1.83 bits per heavy atom. The molecule has 0 aliphatic carbocycles. The maximum atomic E-state index is 4.63. The summed E-state index contributed by atoms with van der Waals surface area (Å²) in [6.07, 6.45) is 8.74. The number of allylic oxidation sites excluding steroid dienone is 3. The van der Waals surface area contributed by atoms with Crippen LogP contribution in [0.1, 0.15) is 67.2 Å². The lowest BCUT2D eigenvalue weighted by Gasteiger charge is -2.35. The van der Waals surface area contributed by atoms with E-state index in [-0.39, 0.29) is 0 Å². The molecule has 0 aromatic carbocycles. The van der Waals surface area contributed by atoms with Gasteiger partial charge in [-0.3, -0.25) is 4.99 Å². The summed E-state index contributed by atoms with van der Waals surface area (Å²) in [4.78, 5) is 4.63. The van der Waals surface area contributed by atoms with Crippen molar-refractivity contribution in [2.75, 3.05) is 13.1 Å². The van der Waals surface area contributed by atoms with E-state index in [9.17, 15) is 0 Å². The second-order valence-corrected chi connectivity index (χ2v) is 7.27. The van der Waals surface area contributed by atoms with E-state index < -0.39 is 0 Å². The zero-order valence-electron chi connectivity index (χ0n) is 16.3. The summed E-state index contributed by atoms with van der Waals surface area (Å²) in [5, 5.41) is 3.41. The van der Waals surface area contributed by atoms with Crippen LogP contribution in [-0.2, 0) is 0 Å². The zero-order chi connectivity index (χ0) is 17.9. The summed E-state index contributed by atoms with van der Waals surface area (Å²) >= 11 is 0. The Hall–Kier alpha value is -1.31. The summed E-state index contributed by atoms with van der Waals surface area (Å²) in [6.45, 7) is 22.9. The van der Waals surface area contributed by atoms with E-state index in [1.165, 1.54) is 30.5 Å². The highest BCUT2D eigenvalue weighted by Crippen LogP contribution is 2.39. The zero-order valence-corrected chi connectivity index (χ0v) is 16.3. The Bertz CT molecular complexity index is 427. The second-order valence-electron chi connectivity index (χ2n) is 7.27. The first-order valence-corrected chi connectivity index (χ1v) is 8.91. The molecule has 0 saturated heterocycles. The molecule has 132 valence electrons. The van der Waals surface area contributed by atoms with Crippen LogP contribution >= 0.6 is 0 Å². The largest absolute Gasteiger partial charge is 0.391 e. The molecule has 2 heteroatoms. The van der Waals surface area contributed by atoms with E-state index >= 15 is 0 Å². The van der Waals surface area contributed by atoms with Crippen molar-refractivity contribution in [1.29, 1.82) is 0 Å². The standard InChI is InChI=1S/C21H38N2/c1-9-21(12-15-23-19(6)7,16-20(8)18(4)5)11-14-22-13-10-17(2)3/h10,13,20,22H,2,4,9,11-12,14-16H2,1,3,5-8H3/b13-10+. The van der Waals surface area contributed by atoms with Crippen LogP contribution in [0.5, 0.6) is 0 Å². The fourth-order valence-electron chi connectivity index (χ4n) is 2.79. The number of hydrogen-bond acceptors (Lipinski definition) is 2. The van der Waals surface area contributed by atoms with Crippen molar-refractivity contribution in [3.8, 4) is 0 Å². The van der Waals surface area contributed by atoms with Crippen LogP contribution in [0.2, 0.25) is 0 Å². The van der Waals surface area contributed by atoms with Gasteiger partial charge in [-0.2, -0.15) is 0 Å². The van der Waals surface area contributed by atoms with Crippen molar-refractivity contribution in [2.45, 2.75) is 67.2 Å². The van der Waals surface area contributed by atoms with Gasteiger partial charge in [-0.05, 0) is 70.6 Å². The van der Waals surface area contributed by atoms with Gasteiger partial charge < -0.3 is 5.32 Å². The summed E-state index contributed by atoms with van der Waals surface area (Å²) in [7, 11) is 0. The monoisotopic (exact) mass is 318 g/mol. The molecule has 0 bridgehead atoms. The van der Waals surface area contributed by atoms with Crippen LogP contribution in [0.3, 0.4) is 0 Å². The van der Waals surface area contributed by atoms with E-state index in [0.29, 0.717) is 11.3 Å². The smallest absolute Gasteiger partial charge is 0.0393 e. The van der Waals surface area contributed by atoms with Crippen molar-refractivity contribution < 1.29 is 0 Å². The van der Waals surface area contributed by atoms with Crippen LogP contribution < -0.4 is 5.32 Å². The van der Waals surface area contributed by atoms with Crippen LogP contribution in [0.25, 0.3) is 0 Å². The van der Waals surface area contributed by atoms with Gasteiger partial charge in [0.25, 0.3) is 0 Å². The molecule has 2 atom stereocenters. The third-order valence-electron chi connectivity index (χ3n) is 4.69. The third kappa shape index (κ3) is 10.1. The highest BCUT2D eigenvalue weighted by Gasteiger charge is 2.29. The van der Waals surface area contributed by atoms with Gasteiger partial charge in [0.05, 0.1) is 0 Å². The lowest BCUT2D eigenvalue weighted by Crippen LogP contribution is -2.28. The Labute approximate surface area is 144 Å². The molecule has 0 amide bonds. The first-order valence-electron chi connectivity index (χ1n) is 8.91. The normalized spacial score (nSPS) is 15.0. The number of aliphatic imine (C=N–C) groups is 1. The van der Waals surface area contributed by atoms with Gasteiger partial charge in [0.15, 0.2) is 0 Å². The molecule has 23 heavy (non-hydrogen) atoms. The summed E-state index contributed by atoms with van der Waals surface area (Å²) in [6, 6.07) is 0. The van der Waals surface area contributed by atoms with E-state index in [1.54, 1.807) is 0 Å². The minimum absolute atomic E-state index is 0.335. The van der Waals surface area contributed by atoms with E-state index in [0.717, 1.165) is 25.1 Å². The van der Waals surface area contributed by atoms with Crippen molar-refractivity contribution in [3.05, 3.63) is 36.6 Å². The number of nitrogens with zero attached hydrogens (tertiary/aromatic N) is 1. The van der Waals surface area contributed by atoms with Crippen LogP contribution in [0, 0.1) is 11.3 Å². The fourth-order valence-corrected chi connectivity index (χ4v) is 2.79. The van der Waals surface area contributed by atoms with Crippen LogP contribution in [0.4, 0.5) is 0 Å². The Kier molecular flexibility index (Phi) is 10.6. The first kappa shape index (κ1) is 21.7. The van der Waals surface area contributed by atoms with Gasteiger partial charge in [-0.25, -0.2) is 0 Å². The third-order valence-corrected chi connectivity index (χ3v) is 4.69. The average molecular weight is 319 g/mol. The molecule has 0 saturated carbocycles. The summed E-state index contributed by atoms with van der Waals surface area (Å²) in [5.41, 5.74) is 3.86. The number of rotatable bonds is 12. The second kappa shape index (κ2) is 11.3. The van der Waals surface area contributed by atoms with Gasteiger partial charge in [-0.15, -0.1) is 0 Å². The molecule has 2 nitrogen and oxygen atoms in total. The number of nitrogens with one attached hydrogen (secondary N) is 1. The van der Waals surface area contributed by atoms with Crippen molar-refractivity contribution in [3.63, 3.8) is 0 Å². The Morgan fingerprint density at radius 3 is 2.30 bits per heavy atom. The molecule has 0 spiro atoms. The van der Waals surface area contributed by atoms with Gasteiger partial charge in [-0.1, -0.05) is 44.6 Å². The van der Waals surface area contributed by atoms with Crippen LogP contribution in [0.15, 0.2) is 41.6 Å². The van der Waals surface area contributed by atoms with Crippen LogP contribution in [-0.4, -0.2) is 18.8 Å². The van der Waals surface area contributed by atoms with Gasteiger partial charge in [0, 0.05) is 18.8 Å². The molecule has 0 aliphatic rings. The minimum atomic E-state index is 0.335. The highest BCUT2D eigenvalue weighted by atomic mass is 14.8. The number of hydrogen-bond donors (Lipinski definition) is 1. The van der Waals surface area contributed by atoms with E-state index in [2.05, 4.69) is 58.1 Å². The predicted molar refractivity (Wildman–Crippen MR) is 106 cm³/mol. The van der Waals surface area contributed by atoms with Gasteiger partial charge in [0.2, 0.25) is 0 Å². The molecule has 2 unspecified atom stereocenters. The maximum absolute atomic E-state index is 4.63. The average Bonchev–Trinajstić information content (AvgIpc) is 2.45. The van der Waals surface area contributed by atoms with E-state index in [4.69, 9.17) is 0 Å². The summed E-state index contributed by atoms with van der Waals surface area (Å²) < 4.78 is 0. The maximum Gasteiger partial charge on any atom is 0.0393 e. The Balaban J connectivity index is 4.82. The molecule has 0 aliphatic heterocycles. The predicted octanol–water partition coefficient (Wildman–Crippen LogP) is 5.93. The molecule has 0 heterocycles. The first-order chi connectivity index (χ1) is 10.7. The van der Waals surface area contributed by atoms with Gasteiger partial charge >= 0.3 is 0 Å². The molecular weight excluding hydrogens is 280 g/mol. The SMILES string of the molecule is C=C(C)/C=C/NCCC(CC)(CCN=C(C)C)CC(C)C(=C)C. The fraction of sp³-hybridized carbons (Fsp3) is 0.667. The highest BCUT2D eigenvalue weighted by molar-refractivity contribution is 5.79. The Morgan fingerprint density at radius 1 is 1.17 bits per heavy atom. The molecule has 1 N–H and O–H groups in total. The molecule has 0 radical (unpaired) electrons. The van der Waals surface area contributed by atoms with E-state index in [1.807, 2.05) is 19.2 Å². The van der Waals surface area contributed by atoms with Crippen molar-refractivity contribution >= 4 is 5.71 Å². The molecule has 0 aromatic heterocycles. The molecule has 0 rings (SSSR count).